The summed E-state index contributed by atoms with van der Waals surface area (Å²) >= 11 is 5.99. The third-order valence-electron chi connectivity index (χ3n) is 2.50. The molecule has 4 heteroatoms. The van der Waals surface area contributed by atoms with E-state index in [9.17, 15) is 5.11 Å². The van der Waals surface area contributed by atoms with Crippen molar-refractivity contribution in [2.45, 2.75) is 19.8 Å². The summed E-state index contributed by atoms with van der Waals surface area (Å²) < 4.78 is 5.10. The molecule has 0 radical (unpaired) electrons. The number of ether oxygens (including phenoxy) is 1. The average molecular weight is 230 g/mol. The number of phenols is 1. The van der Waals surface area contributed by atoms with Crippen molar-refractivity contribution in [2.75, 3.05) is 13.7 Å². The molecule has 0 aromatic heterocycles. The van der Waals surface area contributed by atoms with Gasteiger partial charge in [-0.1, -0.05) is 18.5 Å². The minimum Gasteiger partial charge on any atom is -0.506 e. The van der Waals surface area contributed by atoms with E-state index in [-0.39, 0.29) is 16.7 Å². The van der Waals surface area contributed by atoms with Crippen LogP contribution in [-0.2, 0) is 0 Å². The van der Waals surface area contributed by atoms with E-state index in [4.69, 9.17) is 22.1 Å². The predicted octanol–water partition coefficient (Wildman–Crippen LogP) is 2.42. The number of halogens is 1. The highest BCUT2D eigenvalue weighted by Crippen LogP contribution is 2.41. The van der Waals surface area contributed by atoms with Gasteiger partial charge in [0.2, 0.25) is 0 Å². The molecule has 0 bridgehead atoms. The average Bonchev–Trinajstić information content (AvgIpc) is 2.23. The van der Waals surface area contributed by atoms with E-state index in [1.165, 1.54) is 7.11 Å². The molecule has 0 saturated heterocycles. The number of hydrogen-bond donors (Lipinski definition) is 2. The first-order valence-corrected chi connectivity index (χ1v) is 5.16. The smallest absolute Gasteiger partial charge is 0.144 e. The van der Waals surface area contributed by atoms with Crippen molar-refractivity contribution in [3.8, 4) is 11.5 Å². The molecular weight excluding hydrogens is 214 g/mol. The lowest BCUT2D eigenvalue weighted by molar-refractivity contribution is 0.403. The lowest BCUT2D eigenvalue weighted by Crippen LogP contribution is -2.09. The number of nitrogens with two attached hydrogens (primary N) is 1. The highest BCUT2D eigenvalue weighted by atomic mass is 35.5. The minimum atomic E-state index is 0.0667. The van der Waals surface area contributed by atoms with Gasteiger partial charge in [-0.05, 0) is 31.0 Å². The summed E-state index contributed by atoms with van der Waals surface area (Å²) in [5.74, 6) is 0.659. The van der Waals surface area contributed by atoms with Gasteiger partial charge >= 0.3 is 0 Å². The summed E-state index contributed by atoms with van der Waals surface area (Å²) in [6, 6.07) is 1.86. The molecule has 1 atom stereocenters. The van der Waals surface area contributed by atoms with Crippen LogP contribution in [-0.4, -0.2) is 18.8 Å². The first-order valence-electron chi connectivity index (χ1n) is 4.78. The third kappa shape index (κ3) is 2.19. The van der Waals surface area contributed by atoms with Crippen molar-refractivity contribution < 1.29 is 9.84 Å². The first-order chi connectivity index (χ1) is 7.02. The molecule has 15 heavy (non-hydrogen) atoms. The molecular formula is C11H16ClNO2. The van der Waals surface area contributed by atoms with Crippen LogP contribution in [0.15, 0.2) is 6.07 Å². The van der Waals surface area contributed by atoms with Gasteiger partial charge in [0, 0.05) is 5.56 Å². The Labute approximate surface area is 94.8 Å². The van der Waals surface area contributed by atoms with Crippen LogP contribution in [0, 0.1) is 6.92 Å². The zero-order valence-corrected chi connectivity index (χ0v) is 9.93. The molecule has 1 aromatic carbocycles. The Morgan fingerprint density at radius 1 is 1.60 bits per heavy atom. The van der Waals surface area contributed by atoms with Crippen LogP contribution in [0.3, 0.4) is 0 Å². The van der Waals surface area contributed by atoms with Crippen molar-refractivity contribution in [1.29, 1.82) is 0 Å². The highest BCUT2D eigenvalue weighted by molar-refractivity contribution is 6.33. The molecule has 0 spiro atoms. The molecule has 3 N–H and O–H groups in total. The monoisotopic (exact) mass is 229 g/mol. The van der Waals surface area contributed by atoms with Crippen LogP contribution < -0.4 is 10.5 Å². The molecule has 1 rings (SSSR count). The van der Waals surface area contributed by atoms with E-state index in [2.05, 4.69) is 0 Å². The molecule has 1 aromatic rings. The molecule has 0 aliphatic heterocycles. The van der Waals surface area contributed by atoms with Gasteiger partial charge in [0.25, 0.3) is 0 Å². The van der Waals surface area contributed by atoms with E-state index < -0.39 is 0 Å². The fraction of sp³-hybridized carbons (Fsp3) is 0.455. The van der Waals surface area contributed by atoms with Crippen LogP contribution in [0.5, 0.6) is 11.5 Å². The third-order valence-corrected chi connectivity index (χ3v) is 2.85. The summed E-state index contributed by atoms with van der Waals surface area (Å²) in [5.41, 5.74) is 7.22. The highest BCUT2D eigenvalue weighted by Gasteiger charge is 2.17. The van der Waals surface area contributed by atoms with Gasteiger partial charge in [0.15, 0.2) is 0 Å². The van der Waals surface area contributed by atoms with Gasteiger partial charge in [0.05, 0.1) is 7.11 Å². The van der Waals surface area contributed by atoms with E-state index in [1.54, 1.807) is 0 Å². The van der Waals surface area contributed by atoms with Crippen LogP contribution in [0.4, 0.5) is 0 Å². The fourth-order valence-corrected chi connectivity index (χ4v) is 1.86. The zero-order chi connectivity index (χ0) is 11.6. The summed E-state index contributed by atoms with van der Waals surface area (Å²) in [4.78, 5) is 0. The Balaban J connectivity index is 3.33. The lowest BCUT2D eigenvalue weighted by Gasteiger charge is -2.16. The van der Waals surface area contributed by atoms with Crippen molar-refractivity contribution >= 4 is 11.6 Å². The summed E-state index contributed by atoms with van der Waals surface area (Å²) in [7, 11) is 1.53. The second-order valence-corrected chi connectivity index (χ2v) is 3.99. The minimum absolute atomic E-state index is 0.0667. The Kier molecular flexibility index (Phi) is 3.83. The summed E-state index contributed by atoms with van der Waals surface area (Å²) in [5, 5.41) is 10.1. The van der Waals surface area contributed by atoms with Crippen LogP contribution in [0.2, 0.25) is 5.02 Å². The molecule has 0 saturated carbocycles. The van der Waals surface area contributed by atoms with Crippen molar-refractivity contribution in [2.24, 2.45) is 5.73 Å². The largest absolute Gasteiger partial charge is 0.506 e. The summed E-state index contributed by atoms with van der Waals surface area (Å²) in [6.07, 6.45) is 0. The number of phenolic OH excluding ortho intramolecular Hbond substituents is 1. The molecule has 3 nitrogen and oxygen atoms in total. The molecule has 0 fully saturated rings. The standard InChI is InChI=1S/C11H16ClNO2/c1-6-4-8(7(2)5-13)10(14)9(12)11(6)15-3/h4,7,14H,5,13H2,1-3H3. The van der Waals surface area contributed by atoms with Crippen LogP contribution in [0.1, 0.15) is 24.0 Å². The number of aromatic hydroxyl groups is 1. The molecule has 0 aliphatic rings. The SMILES string of the molecule is COc1c(C)cc(C(C)CN)c(O)c1Cl. The van der Waals surface area contributed by atoms with Crippen LogP contribution >= 0.6 is 11.6 Å². The zero-order valence-electron chi connectivity index (χ0n) is 9.17. The number of methoxy groups -OCH3 is 1. The van der Waals surface area contributed by atoms with Gasteiger partial charge in [0.1, 0.15) is 16.5 Å². The van der Waals surface area contributed by atoms with Crippen molar-refractivity contribution in [1.82, 2.24) is 0 Å². The molecule has 0 heterocycles. The van der Waals surface area contributed by atoms with E-state index >= 15 is 0 Å². The van der Waals surface area contributed by atoms with Gasteiger partial charge in [-0.15, -0.1) is 0 Å². The van der Waals surface area contributed by atoms with Crippen molar-refractivity contribution in [3.05, 3.63) is 22.2 Å². The van der Waals surface area contributed by atoms with Crippen molar-refractivity contribution in [3.63, 3.8) is 0 Å². The van der Waals surface area contributed by atoms with E-state index in [1.807, 2.05) is 19.9 Å². The lowest BCUT2D eigenvalue weighted by atomic mass is 9.98. The number of aryl methyl sites for hydroxylation is 1. The predicted molar refractivity (Wildman–Crippen MR) is 61.9 cm³/mol. The van der Waals surface area contributed by atoms with Gasteiger partial charge in [-0.2, -0.15) is 0 Å². The van der Waals surface area contributed by atoms with Crippen LogP contribution in [0.25, 0.3) is 0 Å². The molecule has 0 amide bonds. The Morgan fingerprint density at radius 3 is 2.67 bits per heavy atom. The maximum Gasteiger partial charge on any atom is 0.144 e. The second kappa shape index (κ2) is 4.73. The maximum atomic E-state index is 9.87. The molecule has 1 unspecified atom stereocenters. The number of benzene rings is 1. The Morgan fingerprint density at radius 2 is 2.20 bits per heavy atom. The van der Waals surface area contributed by atoms with E-state index in [0.29, 0.717) is 12.3 Å². The summed E-state index contributed by atoms with van der Waals surface area (Å²) in [6.45, 7) is 4.30. The second-order valence-electron chi connectivity index (χ2n) is 3.62. The normalized spacial score (nSPS) is 12.6. The van der Waals surface area contributed by atoms with Gasteiger partial charge in [-0.25, -0.2) is 0 Å². The van der Waals surface area contributed by atoms with Gasteiger partial charge in [-0.3, -0.25) is 0 Å². The Hall–Kier alpha value is -0.930. The molecule has 0 aliphatic carbocycles. The number of rotatable bonds is 3. The Bertz CT molecular complexity index is 366. The molecule has 84 valence electrons. The van der Waals surface area contributed by atoms with E-state index in [0.717, 1.165) is 11.1 Å². The topological polar surface area (TPSA) is 55.5 Å². The quantitative estimate of drug-likeness (QED) is 0.837. The fourth-order valence-electron chi connectivity index (χ4n) is 1.53. The number of hydrogen-bond acceptors (Lipinski definition) is 3. The first kappa shape index (κ1) is 12.1. The maximum absolute atomic E-state index is 9.87. The van der Waals surface area contributed by atoms with Gasteiger partial charge < -0.3 is 15.6 Å².